The zero-order valence-electron chi connectivity index (χ0n) is 17.4. The lowest BCUT2D eigenvalue weighted by Crippen LogP contribution is -2.26. The monoisotopic (exact) mass is 437 g/mol. The zero-order chi connectivity index (χ0) is 21.1. The number of hydrogen-bond acceptors (Lipinski definition) is 2. The van der Waals surface area contributed by atoms with E-state index in [9.17, 15) is 0 Å². The fourth-order valence-corrected chi connectivity index (χ4v) is 8.99. The predicted molar refractivity (Wildman–Crippen MR) is 140 cm³/mol. The van der Waals surface area contributed by atoms with Gasteiger partial charge in [0.2, 0.25) is 0 Å². The van der Waals surface area contributed by atoms with E-state index < -0.39 is 6.89 Å². The minimum absolute atomic E-state index is 1.26. The Balaban J connectivity index is 1.77. The number of anilines is 1. The molecule has 0 amide bonds. The van der Waals surface area contributed by atoms with Crippen LogP contribution in [0.2, 0.25) is 0 Å². The number of para-hydroxylation sites is 1. The maximum atomic E-state index is 2.48. The molecule has 0 fully saturated rings. The highest BCUT2D eigenvalue weighted by atomic mass is 32.2. The second kappa shape index (κ2) is 8.67. The molecule has 0 aliphatic carbocycles. The third-order valence-electron chi connectivity index (χ3n) is 5.70. The lowest BCUT2D eigenvalue weighted by molar-refractivity contribution is 1.18. The van der Waals surface area contributed by atoms with E-state index >= 15 is 0 Å². The van der Waals surface area contributed by atoms with E-state index in [-0.39, 0.29) is 0 Å². The Morgan fingerprint density at radius 2 is 1.06 bits per heavy atom. The molecule has 0 saturated heterocycles. The van der Waals surface area contributed by atoms with Crippen molar-refractivity contribution in [1.82, 2.24) is 0 Å². The zero-order valence-corrected chi connectivity index (χ0v) is 19.1. The fourth-order valence-electron chi connectivity index (χ4n) is 4.14. The summed E-state index contributed by atoms with van der Waals surface area (Å²) in [6.07, 6.45) is 2.34. The molecule has 1 aliphatic heterocycles. The van der Waals surface area contributed by atoms with Gasteiger partial charge in [0, 0.05) is 11.9 Å². The van der Waals surface area contributed by atoms with Gasteiger partial charge in [-0.3, -0.25) is 0 Å². The SMILES string of the molecule is CN1C(=CC=P(c2ccccc2)(c2ccccc2)c2ccccc2)Sc2ccccc21. The number of fused-ring (bicyclic) bond motifs is 1. The van der Waals surface area contributed by atoms with Crippen LogP contribution in [-0.2, 0) is 0 Å². The predicted octanol–water partition coefficient (Wildman–Crippen LogP) is 5.87. The van der Waals surface area contributed by atoms with Crippen LogP contribution >= 0.6 is 18.6 Å². The third-order valence-corrected chi connectivity index (χ3v) is 10.8. The summed E-state index contributed by atoms with van der Waals surface area (Å²) in [5.74, 6) is 2.48. The van der Waals surface area contributed by atoms with Gasteiger partial charge in [0.15, 0.2) is 0 Å². The lowest BCUT2D eigenvalue weighted by atomic mass is 10.3. The summed E-state index contributed by atoms with van der Waals surface area (Å²) >= 11 is 1.84. The Bertz CT molecular complexity index is 1160. The number of thioether (sulfide) groups is 1. The molecule has 0 atom stereocenters. The number of nitrogens with zero attached hydrogens (tertiary/aromatic N) is 1. The van der Waals surface area contributed by atoms with E-state index in [4.69, 9.17) is 0 Å². The summed E-state index contributed by atoms with van der Waals surface area (Å²) in [4.78, 5) is 3.61. The Kier molecular flexibility index (Phi) is 5.59. The summed E-state index contributed by atoms with van der Waals surface area (Å²) < 4.78 is 0. The minimum Gasteiger partial charge on any atom is -0.338 e. The van der Waals surface area contributed by atoms with Gasteiger partial charge in [-0.05, 0) is 46.8 Å². The summed E-state index contributed by atoms with van der Waals surface area (Å²) in [7, 11) is 2.16. The molecule has 4 aromatic carbocycles. The number of rotatable bonds is 4. The van der Waals surface area contributed by atoms with Crippen LogP contribution in [0.25, 0.3) is 0 Å². The van der Waals surface area contributed by atoms with Crippen LogP contribution < -0.4 is 20.8 Å². The summed E-state index contributed by atoms with van der Waals surface area (Å²) in [6, 6.07) is 41.5. The molecular weight excluding hydrogens is 413 g/mol. The average molecular weight is 438 g/mol. The maximum absolute atomic E-state index is 2.48. The van der Waals surface area contributed by atoms with Crippen LogP contribution in [0.15, 0.2) is 131 Å². The first-order valence-electron chi connectivity index (χ1n) is 10.4. The van der Waals surface area contributed by atoms with Crippen molar-refractivity contribution in [2.24, 2.45) is 0 Å². The van der Waals surface area contributed by atoms with Crippen molar-refractivity contribution in [3.8, 4) is 0 Å². The topological polar surface area (TPSA) is 3.24 Å². The Labute approximate surface area is 189 Å². The number of hydrogen-bond donors (Lipinski definition) is 0. The van der Waals surface area contributed by atoms with Gasteiger partial charge in [-0.25, -0.2) is 0 Å². The van der Waals surface area contributed by atoms with Crippen molar-refractivity contribution in [3.63, 3.8) is 0 Å². The Morgan fingerprint density at radius 1 is 0.613 bits per heavy atom. The van der Waals surface area contributed by atoms with Crippen LogP contribution in [0.3, 0.4) is 0 Å². The Morgan fingerprint density at radius 3 is 1.55 bits per heavy atom. The molecule has 152 valence electrons. The van der Waals surface area contributed by atoms with Gasteiger partial charge in [-0.2, -0.15) is 0 Å². The number of allylic oxidation sites excluding steroid dienone is 1. The minimum atomic E-state index is -1.97. The first-order valence-corrected chi connectivity index (χ1v) is 13.1. The van der Waals surface area contributed by atoms with E-state index in [0.717, 1.165) is 0 Å². The normalized spacial score (nSPS) is 14.5. The van der Waals surface area contributed by atoms with Gasteiger partial charge in [0.05, 0.1) is 10.7 Å². The van der Waals surface area contributed by atoms with Crippen molar-refractivity contribution in [3.05, 3.63) is 126 Å². The molecule has 0 N–H and O–H groups in total. The smallest absolute Gasteiger partial charge is 0.0799 e. The number of benzene rings is 4. The van der Waals surface area contributed by atoms with Crippen molar-refractivity contribution >= 4 is 46.0 Å². The lowest BCUT2D eigenvalue weighted by Gasteiger charge is -2.28. The van der Waals surface area contributed by atoms with E-state index in [1.165, 1.54) is 31.5 Å². The quantitative estimate of drug-likeness (QED) is 0.368. The second-order valence-corrected chi connectivity index (χ2v) is 11.9. The van der Waals surface area contributed by atoms with E-state index in [0.29, 0.717) is 0 Å². The molecule has 4 aromatic rings. The van der Waals surface area contributed by atoms with Crippen LogP contribution in [0.5, 0.6) is 0 Å². The molecule has 3 heteroatoms. The molecule has 1 aliphatic rings. The van der Waals surface area contributed by atoms with Gasteiger partial charge in [0.1, 0.15) is 0 Å². The summed E-state index contributed by atoms with van der Waals surface area (Å²) in [5.41, 5.74) is 1.27. The molecule has 0 aromatic heterocycles. The van der Waals surface area contributed by atoms with Crippen molar-refractivity contribution < 1.29 is 0 Å². The van der Waals surface area contributed by atoms with E-state index in [1.807, 2.05) is 11.8 Å². The first-order chi connectivity index (χ1) is 15.3. The van der Waals surface area contributed by atoms with Gasteiger partial charge in [-0.15, -0.1) is 0 Å². The second-order valence-electron chi connectivity index (χ2n) is 7.51. The van der Waals surface area contributed by atoms with Crippen LogP contribution in [0, 0.1) is 0 Å². The molecule has 1 nitrogen and oxygen atoms in total. The van der Waals surface area contributed by atoms with Crippen molar-refractivity contribution in [1.29, 1.82) is 0 Å². The standard InChI is InChI=1S/C28H24NPS/c1-29-26-19-11-12-20-27(26)31-28(29)21-22-30(23-13-5-2-6-14-23,24-15-7-3-8-16-24)25-17-9-4-10-18-25/h2-22H,1H3. The average Bonchev–Trinajstić information content (AvgIpc) is 3.17. The summed E-state index contributed by atoms with van der Waals surface area (Å²) in [6.45, 7) is -1.97. The van der Waals surface area contributed by atoms with E-state index in [1.54, 1.807) is 0 Å². The van der Waals surface area contributed by atoms with Crippen molar-refractivity contribution in [2.75, 3.05) is 11.9 Å². The molecule has 5 rings (SSSR count). The highest BCUT2D eigenvalue weighted by Gasteiger charge is 2.25. The molecular formula is C28H24NPS. The third kappa shape index (κ3) is 3.67. The molecule has 0 spiro atoms. The van der Waals surface area contributed by atoms with E-state index in [2.05, 4.69) is 139 Å². The van der Waals surface area contributed by atoms with Crippen LogP contribution in [0.4, 0.5) is 5.69 Å². The van der Waals surface area contributed by atoms with Gasteiger partial charge >= 0.3 is 0 Å². The van der Waals surface area contributed by atoms with Gasteiger partial charge < -0.3 is 4.90 Å². The largest absolute Gasteiger partial charge is 0.338 e. The highest BCUT2D eigenvalue weighted by Crippen LogP contribution is 2.47. The van der Waals surface area contributed by atoms with Gasteiger partial charge in [-0.1, -0.05) is 115 Å². The Hall–Kier alpha value is -2.93. The van der Waals surface area contributed by atoms with Gasteiger partial charge in [0.25, 0.3) is 0 Å². The molecule has 0 bridgehead atoms. The van der Waals surface area contributed by atoms with Crippen LogP contribution in [0.1, 0.15) is 0 Å². The molecule has 0 unspecified atom stereocenters. The molecule has 1 heterocycles. The fraction of sp³-hybridized carbons (Fsp3) is 0.0357. The summed E-state index contributed by atoms with van der Waals surface area (Å²) in [5, 5.41) is 5.36. The van der Waals surface area contributed by atoms with Crippen molar-refractivity contribution in [2.45, 2.75) is 4.90 Å². The molecule has 0 radical (unpaired) electrons. The maximum Gasteiger partial charge on any atom is 0.0799 e. The van der Waals surface area contributed by atoms with Crippen LogP contribution in [-0.4, -0.2) is 12.8 Å². The first kappa shape index (κ1) is 20.0. The highest BCUT2D eigenvalue weighted by molar-refractivity contribution is 8.03. The molecule has 31 heavy (non-hydrogen) atoms. The molecule has 0 saturated carbocycles.